The van der Waals surface area contributed by atoms with Crippen LogP contribution in [0.25, 0.3) is 0 Å². The number of hydrogen-bond donors (Lipinski definition) is 0. The van der Waals surface area contributed by atoms with Gasteiger partial charge < -0.3 is 13.9 Å². The lowest BCUT2D eigenvalue weighted by atomic mass is 9.99. The molecule has 2 rings (SSSR count). The van der Waals surface area contributed by atoms with Gasteiger partial charge in [0.2, 0.25) is 0 Å². The van der Waals surface area contributed by atoms with Crippen molar-refractivity contribution in [2.75, 3.05) is 20.5 Å². The van der Waals surface area contributed by atoms with E-state index in [9.17, 15) is 0 Å². The molecule has 2 aromatic carbocycles. The van der Waals surface area contributed by atoms with Gasteiger partial charge in [0.1, 0.15) is 6.79 Å². The molecular formula is C25H35NO3Si. The molecule has 0 amide bonds. The first-order valence-corrected chi connectivity index (χ1v) is 12.5. The second kappa shape index (κ2) is 11.4. The van der Waals surface area contributed by atoms with Crippen molar-refractivity contribution in [3.05, 3.63) is 60.7 Å². The second-order valence-corrected chi connectivity index (χ2v) is 13.1. The number of ether oxygens (including phenoxy) is 2. The van der Waals surface area contributed by atoms with Crippen LogP contribution in [0.15, 0.2) is 60.7 Å². The molecule has 0 fully saturated rings. The molecule has 0 saturated heterocycles. The largest absolute Gasteiger partial charge is 0.407 e. The molecule has 0 radical (unpaired) electrons. The zero-order chi connectivity index (χ0) is 22.0. The van der Waals surface area contributed by atoms with Gasteiger partial charge in [-0.05, 0) is 27.8 Å². The summed E-state index contributed by atoms with van der Waals surface area (Å²) in [6, 6.07) is 23.5. The minimum absolute atomic E-state index is 0.0587. The van der Waals surface area contributed by atoms with E-state index >= 15 is 0 Å². The van der Waals surface area contributed by atoms with Crippen LogP contribution in [-0.2, 0) is 13.9 Å². The van der Waals surface area contributed by atoms with Crippen LogP contribution in [0.4, 0.5) is 0 Å². The van der Waals surface area contributed by atoms with E-state index in [4.69, 9.17) is 19.2 Å². The molecule has 0 aliphatic carbocycles. The second-order valence-electron chi connectivity index (χ2n) is 8.75. The first kappa shape index (κ1) is 24.3. The van der Waals surface area contributed by atoms with Crippen molar-refractivity contribution in [2.24, 2.45) is 5.92 Å². The Bertz CT molecular complexity index is 744. The fourth-order valence-corrected chi connectivity index (χ4v) is 8.63. The SMILES string of the molecule is COCO[C@@H](CCO[Si](c1ccccc1)(c1ccccc1)C(C)(C)C)[C@@H](C)CC#N. The third-order valence-electron chi connectivity index (χ3n) is 5.59. The molecule has 4 nitrogen and oxygen atoms in total. The van der Waals surface area contributed by atoms with Crippen molar-refractivity contribution in [1.82, 2.24) is 0 Å². The van der Waals surface area contributed by atoms with Crippen LogP contribution in [0.5, 0.6) is 0 Å². The summed E-state index contributed by atoms with van der Waals surface area (Å²) in [7, 11) is -0.937. The maximum absolute atomic E-state index is 9.11. The summed E-state index contributed by atoms with van der Waals surface area (Å²) in [4.78, 5) is 0. The Morgan fingerprint density at radius 1 is 0.967 bits per heavy atom. The Morgan fingerprint density at radius 3 is 1.93 bits per heavy atom. The number of nitriles is 1. The summed E-state index contributed by atoms with van der Waals surface area (Å²) in [5, 5.41) is 11.6. The lowest BCUT2D eigenvalue weighted by molar-refractivity contribution is -0.0937. The molecule has 0 N–H and O–H groups in total. The molecule has 0 spiro atoms. The van der Waals surface area contributed by atoms with Gasteiger partial charge in [0.05, 0.1) is 12.2 Å². The van der Waals surface area contributed by atoms with E-state index < -0.39 is 8.32 Å². The van der Waals surface area contributed by atoms with E-state index in [2.05, 4.69) is 87.5 Å². The average Bonchev–Trinajstić information content (AvgIpc) is 2.74. The van der Waals surface area contributed by atoms with Crippen LogP contribution in [0, 0.1) is 17.2 Å². The van der Waals surface area contributed by atoms with Gasteiger partial charge in [0, 0.05) is 20.1 Å². The van der Waals surface area contributed by atoms with Crippen LogP contribution in [0.3, 0.4) is 0 Å². The monoisotopic (exact) mass is 425 g/mol. The first-order chi connectivity index (χ1) is 14.4. The molecule has 0 aliphatic rings. The zero-order valence-corrected chi connectivity index (χ0v) is 19.9. The van der Waals surface area contributed by atoms with Crippen LogP contribution < -0.4 is 10.4 Å². The van der Waals surface area contributed by atoms with Gasteiger partial charge >= 0.3 is 0 Å². The maximum atomic E-state index is 9.11. The molecule has 0 aromatic heterocycles. The van der Waals surface area contributed by atoms with E-state index in [1.165, 1.54) is 10.4 Å². The van der Waals surface area contributed by atoms with Crippen molar-refractivity contribution in [1.29, 1.82) is 5.26 Å². The molecule has 2 aromatic rings. The zero-order valence-electron chi connectivity index (χ0n) is 18.9. The van der Waals surface area contributed by atoms with Gasteiger partial charge in [0.25, 0.3) is 8.32 Å². The molecule has 30 heavy (non-hydrogen) atoms. The molecular weight excluding hydrogens is 390 g/mol. The topological polar surface area (TPSA) is 51.5 Å². The van der Waals surface area contributed by atoms with Crippen molar-refractivity contribution >= 4 is 18.7 Å². The van der Waals surface area contributed by atoms with Gasteiger partial charge in [0.15, 0.2) is 0 Å². The molecule has 0 unspecified atom stereocenters. The first-order valence-electron chi connectivity index (χ1n) is 10.6. The third-order valence-corrected chi connectivity index (χ3v) is 10.6. The van der Waals surface area contributed by atoms with Crippen molar-refractivity contribution < 1.29 is 13.9 Å². The summed E-state index contributed by atoms with van der Waals surface area (Å²) in [5.41, 5.74) is 0. The summed E-state index contributed by atoms with van der Waals surface area (Å²) >= 11 is 0. The lowest BCUT2D eigenvalue weighted by Crippen LogP contribution is -2.66. The predicted molar refractivity (Wildman–Crippen MR) is 124 cm³/mol. The fraction of sp³-hybridized carbons (Fsp3) is 0.480. The van der Waals surface area contributed by atoms with E-state index in [0.29, 0.717) is 13.0 Å². The Balaban J connectivity index is 2.35. The van der Waals surface area contributed by atoms with Crippen LogP contribution in [0.1, 0.15) is 40.5 Å². The Hall–Kier alpha value is -1.97. The van der Waals surface area contributed by atoms with E-state index in [1.54, 1.807) is 7.11 Å². The molecule has 0 aliphatic heterocycles. The number of nitrogens with zero attached hydrogens (tertiary/aromatic N) is 1. The number of rotatable bonds is 11. The molecule has 0 heterocycles. The highest BCUT2D eigenvalue weighted by atomic mass is 28.4. The smallest absolute Gasteiger partial charge is 0.261 e. The Morgan fingerprint density at radius 2 is 1.50 bits per heavy atom. The summed E-state index contributed by atoms with van der Waals surface area (Å²) in [6.07, 6.45) is 1.09. The van der Waals surface area contributed by atoms with Gasteiger partial charge in [-0.15, -0.1) is 0 Å². The number of hydrogen-bond acceptors (Lipinski definition) is 4. The molecule has 0 bridgehead atoms. The van der Waals surface area contributed by atoms with Crippen LogP contribution >= 0.6 is 0 Å². The Kier molecular flexibility index (Phi) is 9.26. The quantitative estimate of drug-likeness (QED) is 0.393. The van der Waals surface area contributed by atoms with E-state index in [0.717, 1.165) is 6.42 Å². The minimum Gasteiger partial charge on any atom is -0.407 e. The normalized spacial score (nSPS) is 14.1. The fourth-order valence-electron chi connectivity index (χ4n) is 4.05. The molecule has 5 heteroatoms. The summed E-state index contributed by atoms with van der Waals surface area (Å²) in [5.74, 6) is 0.118. The highest BCUT2D eigenvalue weighted by Gasteiger charge is 2.50. The van der Waals surface area contributed by atoms with Gasteiger partial charge in [-0.2, -0.15) is 5.26 Å². The summed E-state index contributed by atoms with van der Waals surface area (Å²) < 4.78 is 17.9. The minimum atomic E-state index is -2.55. The number of methoxy groups -OCH3 is 1. The summed E-state index contributed by atoms with van der Waals surface area (Å²) in [6.45, 7) is 9.66. The van der Waals surface area contributed by atoms with Crippen molar-refractivity contribution in [3.63, 3.8) is 0 Å². The number of benzene rings is 2. The average molecular weight is 426 g/mol. The molecule has 0 saturated carbocycles. The highest BCUT2D eigenvalue weighted by molar-refractivity contribution is 6.99. The lowest BCUT2D eigenvalue weighted by Gasteiger charge is -2.43. The molecule has 2 atom stereocenters. The Labute approximate surface area is 182 Å². The predicted octanol–water partition coefficient (Wildman–Crippen LogP) is 4.49. The van der Waals surface area contributed by atoms with Gasteiger partial charge in [-0.25, -0.2) is 0 Å². The van der Waals surface area contributed by atoms with Crippen molar-refractivity contribution in [2.45, 2.75) is 51.7 Å². The highest BCUT2D eigenvalue weighted by Crippen LogP contribution is 2.37. The van der Waals surface area contributed by atoms with Crippen molar-refractivity contribution in [3.8, 4) is 6.07 Å². The van der Waals surface area contributed by atoms with Gasteiger partial charge in [-0.1, -0.05) is 88.4 Å². The van der Waals surface area contributed by atoms with Gasteiger partial charge in [-0.3, -0.25) is 0 Å². The molecule has 162 valence electrons. The standard InChI is InChI=1S/C25H35NO3Si/c1-21(16-18-26)24(28-20-27-5)17-19-29-30(25(2,3)4,22-12-8-6-9-13-22)23-14-10-7-11-15-23/h6-15,21,24H,16-17,19-20H2,1-5H3/t21-,24-/m0/s1. The van der Waals surface area contributed by atoms with Crippen LogP contribution in [0.2, 0.25) is 5.04 Å². The maximum Gasteiger partial charge on any atom is 0.261 e. The third kappa shape index (κ3) is 5.80. The van der Waals surface area contributed by atoms with Crippen LogP contribution in [-0.4, -0.2) is 34.9 Å². The van der Waals surface area contributed by atoms with E-state index in [1.807, 2.05) is 6.92 Å². The van der Waals surface area contributed by atoms with E-state index in [-0.39, 0.29) is 23.9 Å².